The second-order valence-electron chi connectivity index (χ2n) is 14.0. The summed E-state index contributed by atoms with van der Waals surface area (Å²) in [6, 6.07) is 5.35. The Morgan fingerprint density at radius 1 is 1.13 bits per heavy atom. The van der Waals surface area contributed by atoms with E-state index in [0.717, 1.165) is 44.2 Å². The molecule has 2 fully saturated rings. The van der Waals surface area contributed by atoms with Gasteiger partial charge in [0.2, 0.25) is 5.95 Å². The van der Waals surface area contributed by atoms with Crippen molar-refractivity contribution in [2.75, 3.05) is 44.4 Å². The van der Waals surface area contributed by atoms with Crippen molar-refractivity contribution in [3.63, 3.8) is 0 Å². The van der Waals surface area contributed by atoms with Crippen LogP contribution >= 0.6 is 0 Å². The number of benzene rings is 1. The summed E-state index contributed by atoms with van der Waals surface area (Å²) in [7, 11) is -2.01. The Kier molecular flexibility index (Phi) is 13.7. The lowest BCUT2D eigenvalue weighted by atomic mass is 10.1. The minimum atomic E-state index is -2.01. The predicted molar refractivity (Wildman–Crippen MR) is 183 cm³/mol. The molecule has 2 atom stereocenters. The third-order valence-corrected chi connectivity index (χ3v) is 13.6. The van der Waals surface area contributed by atoms with Crippen molar-refractivity contribution in [2.45, 2.75) is 104 Å². The summed E-state index contributed by atoms with van der Waals surface area (Å²) in [5, 5.41) is 4.34. The van der Waals surface area contributed by atoms with Gasteiger partial charge in [0.1, 0.15) is 12.4 Å². The third-order valence-electron chi connectivity index (χ3n) is 9.08. The van der Waals surface area contributed by atoms with Crippen LogP contribution in [0.4, 0.5) is 10.3 Å². The Bertz CT molecular complexity index is 1310. The smallest absolute Gasteiger partial charge is 0.305 e. The molecule has 1 aromatic carbocycles. The first-order valence-corrected chi connectivity index (χ1v) is 19.9. The van der Waals surface area contributed by atoms with Crippen molar-refractivity contribution in [3.05, 3.63) is 42.0 Å². The van der Waals surface area contributed by atoms with E-state index in [4.69, 9.17) is 23.5 Å². The Labute approximate surface area is 280 Å². The van der Waals surface area contributed by atoms with Crippen LogP contribution in [0.15, 0.2) is 35.7 Å². The molecular weight excluding hydrogens is 619 g/mol. The predicted octanol–water partition coefficient (Wildman–Crippen LogP) is 7.28. The van der Waals surface area contributed by atoms with Crippen molar-refractivity contribution in [1.29, 1.82) is 0 Å². The summed E-state index contributed by atoms with van der Waals surface area (Å²) >= 11 is 0. The molecule has 0 radical (unpaired) electrons. The molecule has 0 N–H and O–H groups in total. The van der Waals surface area contributed by atoms with Crippen LogP contribution < -0.4 is 4.90 Å². The third kappa shape index (κ3) is 11.1. The molecule has 10 nitrogen and oxygen atoms in total. The van der Waals surface area contributed by atoms with Gasteiger partial charge in [0.25, 0.3) is 0 Å². The first-order valence-electron chi connectivity index (χ1n) is 17.0. The number of oxime groups is 1. The summed E-state index contributed by atoms with van der Waals surface area (Å²) in [6.45, 7) is 15.7. The topological polar surface area (TPSA) is 105 Å². The molecule has 2 unspecified atom stereocenters. The molecule has 3 heterocycles. The second-order valence-corrected chi connectivity index (χ2v) is 18.9. The Morgan fingerprint density at radius 3 is 2.57 bits per heavy atom. The molecule has 260 valence electrons. The van der Waals surface area contributed by atoms with E-state index < -0.39 is 8.32 Å². The first kappa shape index (κ1) is 36.9. The summed E-state index contributed by atoms with van der Waals surface area (Å²) in [6.07, 6.45) is 9.36. The fraction of sp³-hybridized carbons (Fsp3) is 0.657. The molecule has 12 heteroatoms. The Morgan fingerprint density at radius 2 is 1.89 bits per heavy atom. The van der Waals surface area contributed by atoms with Crippen molar-refractivity contribution in [3.8, 4) is 11.1 Å². The summed E-state index contributed by atoms with van der Waals surface area (Å²) in [5.74, 6) is -0.126. The molecule has 2 aliphatic rings. The number of carbonyl (C=O) groups excluding carboxylic acids is 1. The van der Waals surface area contributed by atoms with Crippen molar-refractivity contribution >= 4 is 25.9 Å². The van der Waals surface area contributed by atoms with Crippen molar-refractivity contribution < 1.29 is 32.7 Å². The average Bonchev–Trinajstić information content (AvgIpc) is 3.03. The number of rotatable bonds is 17. The molecular formula is C35H53FN4O6Si. The van der Waals surface area contributed by atoms with Gasteiger partial charge in [0.05, 0.1) is 44.5 Å². The van der Waals surface area contributed by atoms with Crippen LogP contribution in [0.3, 0.4) is 0 Å². The number of hydrogen-bond donors (Lipinski definition) is 0. The zero-order valence-corrected chi connectivity index (χ0v) is 30.1. The number of carbonyl (C=O) groups is 1. The van der Waals surface area contributed by atoms with E-state index in [-0.39, 0.29) is 48.9 Å². The van der Waals surface area contributed by atoms with Gasteiger partial charge in [0, 0.05) is 42.1 Å². The molecule has 2 saturated heterocycles. The van der Waals surface area contributed by atoms with E-state index in [0.29, 0.717) is 55.4 Å². The zero-order chi connectivity index (χ0) is 33.9. The highest BCUT2D eigenvalue weighted by atomic mass is 28.4. The number of hydrogen-bond acceptors (Lipinski definition) is 10. The maximum atomic E-state index is 15.5. The van der Waals surface area contributed by atoms with Gasteiger partial charge in [-0.25, -0.2) is 14.4 Å². The molecule has 0 spiro atoms. The van der Waals surface area contributed by atoms with Crippen molar-refractivity contribution in [1.82, 2.24) is 9.97 Å². The van der Waals surface area contributed by atoms with Gasteiger partial charge < -0.3 is 28.4 Å². The van der Waals surface area contributed by atoms with Gasteiger partial charge in [-0.15, -0.1) is 0 Å². The van der Waals surface area contributed by atoms with Crippen LogP contribution in [0.5, 0.6) is 0 Å². The van der Waals surface area contributed by atoms with Crippen LogP contribution in [0.1, 0.15) is 78.2 Å². The van der Waals surface area contributed by atoms with Gasteiger partial charge >= 0.3 is 5.97 Å². The van der Waals surface area contributed by atoms with Crippen LogP contribution in [0, 0.1) is 11.7 Å². The van der Waals surface area contributed by atoms with Crippen LogP contribution in [-0.2, 0) is 34.9 Å². The van der Waals surface area contributed by atoms with E-state index >= 15 is 4.39 Å². The number of halogens is 1. The van der Waals surface area contributed by atoms with Crippen molar-refractivity contribution in [2.24, 2.45) is 11.1 Å². The van der Waals surface area contributed by atoms with Gasteiger partial charge in [-0.1, -0.05) is 63.9 Å². The average molecular weight is 673 g/mol. The molecule has 47 heavy (non-hydrogen) atoms. The van der Waals surface area contributed by atoms with E-state index in [2.05, 4.69) is 55.9 Å². The largest absolute Gasteiger partial charge is 0.465 e. The van der Waals surface area contributed by atoms with E-state index in [1.807, 2.05) is 11.0 Å². The quantitative estimate of drug-likeness (QED) is 0.0742. The lowest BCUT2D eigenvalue weighted by Gasteiger charge is -2.36. The number of ether oxygens (including phenoxy) is 3. The van der Waals surface area contributed by atoms with Gasteiger partial charge in [-0.3, -0.25) is 4.79 Å². The van der Waals surface area contributed by atoms with E-state index in [9.17, 15) is 4.79 Å². The van der Waals surface area contributed by atoms with Gasteiger partial charge in [-0.05, 0) is 43.8 Å². The molecule has 4 rings (SSSR count). The number of aromatic nitrogens is 2. The minimum Gasteiger partial charge on any atom is -0.465 e. The Balaban J connectivity index is 1.26. The highest BCUT2D eigenvalue weighted by Crippen LogP contribution is 2.37. The highest BCUT2D eigenvalue weighted by molar-refractivity contribution is 6.74. The number of anilines is 1. The molecule has 2 aromatic rings. The number of unbranched alkanes of at least 4 members (excludes halogenated alkanes) is 2. The molecule has 0 saturated carbocycles. The van der Waals surface area contributed by atoms with Crippen LogP contribution in [0.2, 0.25) is 18.1 Å². The normalized spacial score (nSPS) is 17.6. The maximum absolute atomic E-state index is 15.5. The molecule has 0 aliphatic carbocycles. The standard InChI is InChI=1S/C35H53FN4O6Si/c1-7-8-9-15-31(41)43-22-26(23-44-32-16-10-11-17-42-32)24-45-39-29-20-40(21-29)34-37-18-28(19-38-34)30-14-12-13-27(33(30)36)25-46-47(5,6)35(2,3)4/h12-14,18-19,26,32H,7-11,15-17,20-25H2,1-6H3. The van der Waals surface area contributed by atoms with E-state index in [1.165, 1.54) is 0 Å². The highest BCUT2D eigenvalue weighted by Gasteiger charge is 2.37. The fourth-order valence-corrected chi connectivity index (χ4v) is 5.82. The maximum Gasteiger partial charge on any atom is 0.305 e. The fourth-order valence-electron chi connectivity index (χ4n) is 4.87. The van der Waals surface area contributed by atoms with Crippen LogP contribution in [-0.4, -0.2) is 75.8 Å². The first-order chi connectivity index (χ1) is 22.5. The SMILES string of the molecule is CCCCCC(=O)OCC(CON=C1CN(c2ncc(-c3cccc(CO[Si](C)(C)C(C)(C)C)c3F)cn2)C1)COC1CCCCO1. The van der Waals surface area contributed by atoms with Gasteiger partial charge in [0.15, 0.2) is 14.6 Å². The lowest BCUT2D eigenvalue weighted by Crippen LogP contribution is -2.48. The second kappa shape index (κ2) is 17.5. The lowest BCUT2D eigenvalue weighted by molar-refractivity contribution is -0.176. The molecule has 2 aliphatic heterocycles. The molecule has 0 amide bonds. The zero-order valence-electron chi connectivity index (χ0n) is 29.1. The van der Waals surface area contributed by atoms with Crippen LogP contribution in [0.25, 0.3) is 11.1 Å². The van der Waals surface area contributed by atoms with E-state index in [1.54, 1.807) is 24.5 Å². The molecule has 1 aromatic heterocycles. The Hall–Kier alpha value is -2.93. The molecule has 0 bridgehead atoms. The number of nitrogens with zero attached hydrogens (tertiary/aromatic N) is 4. The minimum absolute atomic E-state index is 0.0452. The summed E-state index contributed by atoms with van der Waals surface area (Å²) in [4.78, 5) is 28.8. The van der Waals surface area contributed by atoms with Gasteiger partial charge in [-0.2, -0.15) is 0 Å². The summed E-state index contributed by atoms with van der Waals surface area (Å²) in [5.41, 5.74) is 2.44. The monoisotopic (exact) mass is 672 g/mol. The summed E-state index contributed by atoms with van der Waals surface area (Å²) < 4.78 is 38.9. The number of esters is 1.